The van der Waals surface area contributed by atoms with Gasteiger partial charge in [0.25, 0.3) is 0 Å². The summed E-state index contributed by atoms with van der Waals surface area (Å²) in [5.41, 5.74) is 7.32. The normalized spacial score (nSPS) is 17.2. The van der Waals surface area contributed by atoms with E-state index in [9.17, 15) is 19.7 Å². The molecular formula is C25H32N7O5P. The maximum Gasteiger partial charge on any atom is 0.310 e. The molecule has 0 bridgehead atoms. The Morgan fingerprint density at radius 3 is 2.79 bits per heavy atom. The second-order valence-corrected chi connectivity index (χ2v) is 10.9. The molecule has 3 N–H and O–H groups in total. The number of ether oxygens (including phenoxy) is 1. The van der Waals surface area contributed by atoms with Crippen LogP contribution in [0, 0.1) is 23.2 Å². The molecule has 0 saturated heterocycles. The molecule has 0 spiro atoms. The monoisotopic (exact) mass is 541 g/mol. The van der Waals surface area contributed by atoms with E-state index in [0.29, 0.717) is 23.3 Å². The maximum atomic E-state index is 13.7. The summed E-state index contributed by atoms with van der Waals surface area (Å²) in [6.45, 7) is 3.78. The van der Waals surface area contributed by atoms with Crippen LogP contribution < -0.4 is 10.3 Å². The zero-order chi connectivity index (χ0) is 27.2. The summed E-state index contributed by atoms with van der Waals surface area (Å²) in [6.07, 6.45) is 6.27. The van der Waals surface area contributed by atoms with Gasteiger partial charge in [-0.2, -0.15) is 9.93 Å². The van der Waals surface area contributed by atoms with E-state index in [4.69, 9.17) is 15.0 Å². The Morgan fingerprint density at radius 2 is 2.08 bits per heavy atom. The number of fused-ring (bicyclic) bond motifs is 1. The van der Waals surface area contributed by atoms with Crippen LogP contribution in [-0.2, 0) is 20.6 Å². The minimum absolute atomic E-state index is 0.0419. The summed E-state index contributed by atoms with van der Waals surface area (Å²) in [5, 5.41) is 19.1. The third-order valence-corrected chi connectivity index (χ3v) is 8.24. The molecule has 4 rings (SSSR count). The predicted molar refractivity (Wildman–Crippen MR) is 140 cm³/mol. The van der Waals surface area contributed by atoms with Crippen LogP contribution in [0.3, 0.4) is 0 Å². The van der Waals surface area contributed by atoms with Crippen molar-refractivity contribution in [2.75, 3.05) is 12.5 Å². The van der Waals surface area contributed by atoms with Gasteiger partial charge in [-0.25, -0.2) is 15.0 Å². The van der Waals surface area contributed by atoms with Crippen LogP contribution in [0.1, 0.15) is 45.1 Å². The third-order valence-electron chi connectivity index (χ3n) is 6.93. The molecule has 0 radical (unpaired) electrons. The number of rotatable bonds is 12. The fourth-order valence-corrected chi connectivity index (χ4v) is 6.30. The fourth-order valence-electron chi connectivity index (χ4n) is 5.00. The number of anilines is 1. The molecule has 2 aromatic heterocycles. The van der Waals surface area contributed by atoms with E-state index in [-0.39, 0.29) is 30.3 Å². The molecular weight excluding hydrogens is 509 g/mol. The zero-order valence-electron chi connectivity index (χ0n) is 21.4. The van der Waals surface area contributed by atoms with Crippen molar-refractivity contribution in [3.63, 3.8) is 0 Å². The van der Waals surface area contributed by atoms with Crippen LogP contribution in [0.25, 0.3) is 11.2 Å². The number of carboxylic acid groups (broad SMARTS) is 1. The summed E-state index contributed by atoms with van der Waals surface area (Å²) in [5.74, 6) is -1.16. The molecule has 1 saturated carbocycles. The van der Waals surface area contributed by atoms with E-state index in [1.54, 1.807) is 40.7 Å². The Hall–Kier alpha value is -3.52. The Labute approximate surface area is 221 Å². The van der Waals surface area contributed by atoms with Crippen LogP contribution >= 0.6 is 8.18 Å². The number of nitriles is 1. The number of nitrogens with two attached hydrogens (primary N) is 1. The summed E-state index contributed by atoms with van der Waals surface area (Å²) in [6, 6.07) is 7.88. The fraction of sp³-hybridized carbons (Fsp3) is 0.480. The van der Waals surface area contributed by atoms with Gasteiger partial charge in [0, 0.05) is 6.04 Å². The van der Waals surface area contributed by atoms with Gasteiger partial charge in [-0.3, -0.25) is 9.36 Å². The van der Waals surface area contributed by atoms with Crippen molar-refractivity contribution >= 4 is 31.1 Å². The molecule has 1 aliphatic carbocycles. The molecule has 2 heterocycles. The number of benzene rings is 1. The molecule has 12 nitrogen and oxygen atoms in total. The van der Waals surface area contributed by atoms with E-state index >= 15 is 0 Å². The van der Waals surface area contributed by atoms with Gasteiger partial charge in [0.05, 0.1) is 36.5 Å². The van der Waals surface area contributed by atoms with Gasteiger partial charge in [-0.05, 0) is 43.9 Å². The number of hydrogen-bond acceptors (Lipinski definition) is 9. The standard InChI is InChI=1S/C25H32N7O5P/c1-16(12-31-14-30-21-23(27)28-13-29-24(21)31)36-15-32(22(17(2)25(33)34)19-7-3-4-8-19)38(35)37-20-9-5-6-18(10-20)11-26/h5-6,9-10,13-14,16-17,19,22,38H,3-4,7-8,12,15H2,1-2H3,(H,33,34)(H2,27,28,29)/t16-,17?,22?/m1/s1. The predicted octanol–water partition coefficient (Wildman–Crippen LogP) is 3.69. The van der Waals surface area contributed by atoms with E-state index in [1.165, 1.54) is 12.4 Å². The van der Waals surface area contributed by atoms with Crippen molar-refractivity contribution in [3.8, 4) is 11.8 Å². The molecule has 1 fully saturated rings. The average Bonchev–Trinajstić information content (AvgIpc) is 3.57. The van der Waals surface area contributed by atoms with Crippen molar-refractivity contribution in [1.29, 1.82) is 5.26 Å². The largest absolute Gasteiger partial charge is 0.481 e. The number of nitrogen functional groups attached to an aromatic ring is 1. The summed E-state index contributed by atoms with van der Waals surface area (Å²) in [7, 11) is -2.99. The smallest absolute Gasteiger partial charge is 0.310 e. The van der Waals surface area contributed by atoms with E-state index in [2.05, 4.69) is 15.0 Å². The Morgan fingerprint density at radius 1 is 1.32 bits per heavy atom. The highest BCUT2D eigenvalue weighted by molar-refractivity contribution is 7.36. The lowest BCUT2D eigenvalue weighted by Crippen LogP contribution is -2.45. The van der Waals surface area contributed by atoms with Crippen molar-refractivity contribution in [1.82, 2.24) is 24.2 Å². The topological polar surface area (TPSA) is 169 Å². The molecule has 13 heteroatoms. The molecule has 3 unspecified atom stereocenters. The molecule has 0 amide bonds. The second kappa shape index (κ2) is 12.3. The first-order valence-electron chi connectivity index (χ1n) is 12.5. The second-order valence-electron chi connectivity index (χ2n) is 9.57. The number of carboxylic acids is 1. The highest BCUT2D eigenvalue weighted by Gasteiger charge is 2.40. The summed E-state index contributed by atoms with van der Waals surface area (Å²) >= 11 is 0. The minimum Gasteiger partial charge on any atom is -0.481 e. The number of nitrogens with zero attached hydrogens (tertiary/aromatic N) is 6. The number of hydrogen-bond donors (Lipinski definition) is 2. The maximum absolute atomic E-state index is 13.7. The van der Waals surface area contributed by atoms with Gasteiger partial charge in [0.15, 0.2) is 11.5 Å². The lowest BCUT2D eigenvalue weighted by molar-refractivity contribution is -0.144. The first-order chi connectivity index (χ1) is 18.3. The van der Waals surface area contributed by atoms with Gasteiger partial charge in [-0.15, -0.1) is 0 Å². The Kier molecular flexibility index (Phi) is 8.94. The van der Waals surface area contributed by atoms with Crippen molar-refractivity contribution < 1.29 is 23.7 Å². The van der Waals surface area contributed by atoms with E-state index in [1.807, 2.05) is 13.0 Å². The molecule has 38 heavy (non-hydrogen) atoms. The number of aliphatic carboxylic acids is 1. The molecule has 1 aromatic carbocycles. The lowest BCUT2D eigenvalue weighted by atomic mass is 9.88. The summed E-state index contributed by atoms with van der Waals surface area (Å²) < 4.78 is 29.0. The van der Waals surface area contributed by atoms with Crippen molar-refractivity contribution in [3.05, 3.63) is 42.5 Å². The zero-order valence-corrected chi connectivity index (χ0v) is 22.4. The first-order valence-corrected chi connectivity index (χ1v) is 13.8. The van der Waals surface area contributed by atoms with Crippen LogP contribution in [0.5, 0.6) is 5.75 Å². The van der Waals surface area contributed by atoms with Crippen molar-refractivity contribution in [2.45, 2.75) is 58.2 Å². The van der Waals surface area contributed by atoms with Crippen LogP contribution in [0.4, 0.5) is 5.82 Å². The molecule has 3 aromatic rings. The number of carbonyl (C=O) groups is 1. The van der Waals surface area contributed by atoms with Gasteiger partial charge in [0.1, 0.15) is 24.3 Å². The Bertz CT molecular complexity index is 1340. The van der Waals surface area contributed by atoms with Gasteiger partial charge >= 0.3 is 14.1 Å². The highest BCUT2D eigenvalue weighted by atomic mass is 31.1. The molecule has 4 atom stereocenters. The molecule has 202 valence electrons. The number of aromatic nitrogens is 4. The van der Waals surface area contributed by atoms with Gasteiger partial charge in [0.2, 0.25) is 0 Å². The third kappa shape index (κ3) is 6.30. The Balaban J connectivity index is 1.55. The highest BCUT2D eigenvalue weighted by Crippen LogP contribution is 2.42. The molecule has 0 aliphatic heterocycles. The number of imidazole rings is 1. The van der Waals surface area contributed by atoms with E-state index in [0.717, 1.165) is 25.7 Å². The SMILES string of the molecule is CC(C(=O)O)C(C1CCCC1)N(CO[C@H](C)Cn1cnc2c(N)ncnc21)[PH](=O)Oc1cccc(C#N)c1. The minimum atomic E-state index is -2.99. The van der Waals surface area contributed by atoms with Crippen LogP contribution in [0.2, 0.25) is 0 Å². The van der Waals surface area contributed by atoms with E-state index < -0.39 is 26.1 Å². The first kappa shape index (κ1) is 27.5. The summed E-state index contributed by atoms with van der Waals surface area (Å²) in [4.78, 5) is 24.6. The quantitative estimate of drug-likeness (QED) is 0.253. The molecule has 1 aliphatic rings. The lowest BCUT2D eigenvalue weighted by Gasteiger charge is -2.37. The van der Waals surface area contributed by atoms with Crippen LogP contribution in [-0.4, -0.2) is 54.1 Å². The van der Waals surface area contributed by atoms with Crippen molar-refractivity contribution in [2.24, 2.45) is 11.8 Å². The van der Waals surface area contributed by atoms with Gasteiger partial charge < -0.3 is 24.7 Å². The average molecular weight is 542 g/mol. The van der Waals surface area contributed by atoms with Crippen LogP contribution in [0.15, 0.2) is 36.9 Å². The van der Waals surface area contributed by atoms with Gasteiger partial charge in [-0.1, -0.05) is 25.8 Å².